The fourth-order valence-electron chi connectivity index (χ4n) is 2.00. The molecule has 0 saturated carbocycles. The Morgan fingerprint density at radius 1 is 1.45 bits per heavy atom. The van der Waals surface area contributed by atoms with Gasteiger partial charge >= 0.3 is 5.97 Å². The van der Waals surface area contributed by atoms with E-state index in [-0.39, 0.29) is 12.0 Å². The van der Waals surface area contributed by atoms with Crippen LogP contribution in [-0.2, 0) is 11.2 Å². The van der Waals surface area contributed by atoms with Crippen LogP contribution in [0.25, 0.3) is 0 Å². The number of nitrogens with two attached hydrogens (primary N) is 1. The quantitative estimate of drug-likeness (QED) is 0.656. The molecule has 2 rings (SSSR count). The van der Waals surface area contributed by atoms with Crippen molar-refractivity contribution in [3.8, 4) is 0 Å². The fourth-order valence-corrected chi connectivity index (χ4v) is 2.69. The van der Waals surface area contributed by atoms with Crippen molar-refractivity contribution in [3.63, 3.8) is 0 Å². The maximum Gasteiger partial charge on any atom is 0.337 e. The molecule has 3 N–H and O–H groups in total. The zero-order valence-corrected chi connectivity index (χ0v) is 12.4. The second kappa shape index (κ2) is 6.43. The molecule has 0 aliphatic rings. The normalized spacial score (nSPS) is 11.9. The molecule has 0 bridgehead atoms. The van der Waals surface area contributed by atoms with E-state index in [1.807, 2.05) is 0 Å². The number of hydrogen-bond donors (Lipinski definition) is 2. The average molecular weight is 290 g/mol. The van der Waals surface area contributed by atoms with E-state index in [0.717, 1.165) is 12.1 Å². The van der Waals surface area contributed by atoms with E-state index < -0.39 is 0 Å². The number of esters is 1. The lowest BCUT2D eigenvalue weighted by Gasteiger charge is -2.17. The number of thiophene rings is 1. The SMILES string of the molecule is COC(=O)c1ccc(N)c(NC(C)Cc2ccsc2)c1. The number of carbonyl (C=O) groups excluding carboxylic acids is 1. The zero-order chi connectivity index (χ0) is 14.5. The van der Waals surface area contributed by atoms with Crippen molar-refractivity contribution in [2.45, 2.75) is 19.4 Å². The van der Waals surface area contributed by atoms with Crippen LogP contribution in [0.1, 0.15) is 22.8 Å². The zero-order valence-electron chi connectivity index (χ0n) is 11.6. The van der Waals surface area contributed by atoms with Crippen molar-refractivity contribution in [1.82, 2.24) is 0 Å². The van der Waals surface area contributed by atoms with Crippen molar-refractivity contribution in [2.24, 2.45) is 0 Å². The molecule has 1 aromatic carbocycles. The number of benzene rings is 1. The Kier molecular flexibility index (Phi) is 4.63. The number of methoxy groups -OCH3 is 1. The summed E-state index contributed by atoms with van der Waals surface area (Å²) in [5, 5.41) is 7.53. The molecule has 20 heavy (non-hydrogen) atoms. The second-order valence-corrected chi connectivity index (χ2v) is 5.45. The molecule has 0 spiro atoms. The Labute approximate surface area is 122 Å². The van der Waals surface area contributed by atoms with Crippen LogP contribution in [0, 0.1) is 0 Å². The highest BCUT2D eigenvalue weighted by Crippen LogP contribution is 2.22. The highest BCUT2D eigenvalue weighted by molar-refractivity contribution is 7.07. The Morgan fingerprint density at radius 3 is 2.90 bits per heavy atom. The summed E-state index contributed by atoms with van der Waals surface area (Å²) in [6, 6.07) is 7.43. The van der Waals surface area contributed by atoms with Crippen molar-refractivity contribution in [2.75, 3.05) is 18.2 Å². The van der Waals surface area contributed by atoms with Crippen LogP contribution in [0.15, 0.2) is 35.0 Å². The monoisotopic (exact) mass is 290 g/mol. The van der Waals surface area contributed by atoms with Gasteiger partial charge in [0.25, 0.3) is 0 Å². The number of carbonyl (C=O) groups is 1. The lowest BCUT2D eigenvalue weighted by molar-refractivity contribution is 0.0601. The van der Waals surface area contributed by atoms with Crippen LogP contribution >= 0.6 is 11.3 Å². The van der Waals surface area contributed by atoms with Gasteiger partial charge < -0.3 is 15.8 Å². The van der Waals surface area contributed by atoms with Gasteiger partial charge in [-0.15, -0.1) is 0 Å². The summed E-state index contributed by atoms with van der Waals surface area (Å²) in [6.07, 6.45) is 0.908. The van der Waals surface area contributed by atoms with E-state index in [9.17, 15) is 4.79 Å². The topological polar surface area (TPSA) is 64.3 Å². The summed E-state index contributed by atoms with van der Waals surface area (Å²) in [6.45, 7) is 2.09. The Hall–Kier alpha value is -2.01. The first-order valence-electron chi connectivity index (χ1n) is 6.35. The molecule has 2 aromatic rings. The molecule has 0 aliphatic heterocycles. The van der Waals surface area contributed by atoms with Gasteiger partial charge in [-0.25, -0.2) is 4.79 Å². The first kappa shape index (κ1) is 14.4. The summed E-state index contributed by atoms with van der Waals surface area (Å²) < 4.78 is 4.72. The van der Waals surface area contributed by atoms with Gasteiger partial charge in [-0.1, -0.05) is 0 Å². The minimum absolute atomic E-state index is 0.222. The molecule has 4 nitrogen and oxygen atoms in total. The van der Waals surface area contributed by atoms with Gasteiger partial charge in [-0.05, 0) is 53.9 Å². The third kappa shape index (κ3) is 3.51. The van der Waals surface area contributed by atoms with E-state index in [1.54, 1.807) is 29.5 Å². The molecule has 0 radical (unpaired) electrons. The van der Waals surface area contributed by atoms with Crippen LogP contribution in [0.5, 0.6) is 0 Å². The summed E-state index contributed by atoms with van der Waals surface area (Å²) >= 11 is 1.69. The number of nitrogen functional groups attached to an aromatic ring is 1. The van der Waals surface area contributed by atoms with Crippen LogP contribution in [0.4, 0.5) is 11.4 Å². The summed E-state index contributed by atoms with van der Waals surface area (Å²) in [5.74, 6) is -0.362. The minimum Gasteiger partial charge on any atom is -0.465 e. The van der Waals surface area contributed by atoms with Gasteiger partial charge in [0.1, 0.15) is 0 Å². The third-order valence-corrected chi connectivity index (χ3v) is 3.73. The van der Waals surface area contributed by atoms with Crippen LogP contribution < -0.4 is 11.1 Å². The highest BCUT2D eigenvalue weighted by atomic mass is 32.1. The number of nitrogens with one attached hydrogen (secondary N) is 1. The average Bonchev–Trinajstić information content (AvgIpc) is 2.93. The Bertz CT molecular complexity index is 582. The second-order valence-electron chi connectivity index (χ2n) is 4.67. The largest absolute Gasteiger partial charge is 0.465 e. The van der Waals surface area contributed by atoms with Crippen LogP contribution in [0.2, 0.25) is 0 Å². The number of ether oxygens (including phenoxy) is 1. The Balaban J connectivity index is 2.09. The van der Waals surface area contributed by atoms with E-state index in [4.69, 9.17) is 10.5 Å². The van der Waals surface area contributed by atoms with Crippen molar-refractivity contribution in [1.29, 1.82) is 0 Å². The smallest absolute Gasteiger partial charge is 0.337 e. The number of anilines is 2. The van der Waals surface area contributed by atoms with Gasteiger partial charge in [0, 0.05) is 6.04 Å². The van der Waals surface area contributed by atoms with Gasteiger partial charge in [0.05, 0.1) is 24.0 Å². The van der Waals surface area contributed by atoms with Gasteiger partial charge in [-0.3, -0.25) is 0 Å². The number of hydrogen-bond acceptors (Lipinski definition) is 5. The maximum absolute atomic E-state index is 11.5. The molecule has 106 valence electrons. The fraction of sp³-hybridized carbons (Fsp3) is 0.267. The molecule has 0 amide bonds. The van der Waals surface area contributed by atoms with Crippen molar-refractivity contribution in [3.05, 3.63) is 46.2 Å². The van der Waals surface area contributed by atoms with E-state index in [0.29, 0.717) is 11.3 Å². The van der Waals surface area contributed by atoms with Crippen LogP contribution in [0.3, 0.4) is 0 Å². The highest BCUT2D eigenvalue weighted by Gasteiger charge is 2.11. The molecule has 1 atom stereocenters. The molecular weight excluding hydrogens is 272 g/mol. The van der Waals surface area contributed by atoms with Gasteiger partial charge in [0.15, 0.2) is 0 Å². The van der Waals surface area contributed by atoms with Gasteiger partial charge in [-0.2, -0.15) is 11.3 Å². The lowest BCUT2D eigenvalue weighted by Crippen LogP contribution is -2.19. The molecule has 1 unspecified atom stereocenters. The maximum atomic E-state index is 11.5. The summed E-state index contributed by atoms with van der Waals surface area (Å²) in [4.78, 5) is 11.5. The first-order chi connectivity index (χ1) is 9.60. The third-order valence-electron chi connectivity index (χ3n) is 3.00. The first-order valence-corrected chi connectivity index (χ1v) is 7.30. The number of rotatable bonds is 5. The molecule has 0 aliphatic carbocycles. The summed E-state index contributed by atoms with van der Waals surface area (Å²) in [7, 11) is 1.37. The standard InChI is InChI=1S/C15H18N2O2S/c1-10(7-11-5-6-20-9-11)17-14-8-12(15(18)19-2)3-4-13(14)16/h3-6,8-10,17H,7,16H2,1-2H3. The Morgan fingerprint density at radius 2 is 2.25 bits per heavy atom. The molecule has 5 heteroatoms. The van der Waals surface area contributed by atoms with E-state index in [2.05, 4.69) is 29.1 Å². The van der Waals surface area contributed by atoms with E-state index >= 15 is 0 Å². The van der Waals surface area contributed by atoms with E-state index in [1.165, 1.54) is 12.7 Å². The molecule has 0 fully saturated rings. The molecule has 1 aromatic heterocycles. The van der Waals surface area contributed by atoms with Crippen molar-refractivity contribution >= 4 is 28.7 Å². The predicted octanol–water partition coefficient (Wildman–Crippen LogP) is 3.16. The molecular formula is C15H18N2O2S. The minimum atomic E-state index is -0.362. The lowest BCUT2D eigenvalue weighted by atomic mass is 10.1. The summed E-state index contributed by atoms with van der Waals surface area (Å²) in [5.41, 5.74) is 9.10. The van der Waals surface area contributed by atoms with Gasteiger partial charge in [0.2, 0.25) is 0 Å². The predicted molar refractivity (Wildman–Crippen MR) is 83.3 cm³/mol. The molecule has 1 heterocycles. The van der Waals surface area contributed by atoms with Crippen LogP contribution in [-0.4, -0.2) is 19.1 Å². The van der Waals surface area contributed by atoms with Crippen molar-refractivity contribution < 1.29 is 9.53 Å². The molecule has 0 saturated heterocycles.